The zero-order valence-corrected chi connectivity index (χ0v) is 46.2. The minimum Gasteiger partial charge on any atom is -0.465 e. The lowest BCUT2D eigenvalue weighted by atomic mass is 9.81. The molecule has 23 heteroatoms. The van der Waals surface area contributed by atoms with Crippen LogP contribution in [0.1, 0.15) is 88.2 Å². The van der Waals surface area contributed by atoms with Gasteiger partial charge in [-0.2, -0.15) is 0 Å². The van der Waals surface area contributed by atoms with Crippen LogP contribution in [0.4, 0.5) is 0 Å². The average molecular weight is 1160 g/mol. The topological polar surface area (TPSA) is 266 Å². The fraction of sp³-hybridized carbons (Fsp3) is 0.439. The van der Waals surface area contributed by atoms with Crippen LogP contribution in [0.3, 0.4) is 0 Å². The van der Waals surface area contributed by atoms with Gasteiger partial charge in [-0.1, -0.05) is 49.6 Å². The highest BCUT2D eigenvalue weighted by Crippen LogP contribution is 2.43. The number of esters is 9. The van der Waals surface area contributed by atoms with E-state index < -0.39 is 65.9 Å². The zero-order chi connectivity index (χ0) is 57.4. The molecule has 2 saturated carbocycles. The van der Waals surface area contributed by atoms with E-state index in [0.29, 0.717) is 99.7 Å². The Bertz CT molecular complexity index is 2880. The normalized spacial score (nSPS) is 17.1. The Labute approximate surface area is 474 Å². The Hall–Kier alpha value is -7.34. The minimum atomic E-state index is -1.18. The Kier molecular flexibility index (Phi) is 24.8. The summed E-state index contributed by atoms with van der Waals surface area (Å²) in [5.41, 5.74) is 1.66. The summed E-state index contributed by atoms with van der Waals surface area (Å²) in [5, 5.41) is 11.3. The number of ether oxygens (including phenoxy) is 10. The van der Waals surface area contributed by atoms with Crippen LogP contribution in [0.2, 0.25) is 0 Å². The molecule has 0 aliphatic heterocycles. The monoisotopic (exact) mass is 1160 g/mol. The number of rotatable bonds is 29. The van der Waals surface area contributed by atoms with Crippen molar-refractivity contribution >= 4 is 98.0 Å². The number of fused-ring (bicyclic) bond motifs is 1. The van der Waals surface area contributed by atoms with Crippen molar-refractivity contribution in [1.82, 2.24) is 0 Å². The summed E-state index contributed by atoms with van der Waals surface area (Å²) in [4.78, 5) is 109. The van der Waals surface area contributed by atoms with Gasteiger partial charge < -0.3 is 52.5 Å². The van der Waals surface area contributed by atoms with E-state index in [1.54, 1.807) is 60.7 Å². The van der Waals surface area contributed by atoms with E-state index in [9.17, 15) is 48.3 Å². The number of aliphatic hydroxyl groups is 1. The Morgan fingerprint density at radius 3 is 1.25 bits per heavy atom. The van der Waals surface area contributed by atoms with E-state index in [-0.39, 0.29) is 83.1 Å². The number of benzene rings is 3. The van der Waals surface area contributed by atoms with Crippen LogP contribution in [0.5, 0.6) is 23.0 Å². The lowest BCUT2D eigenvalue weighted by Crippen LogP contribution is -2.33. The molecule has 0 amide bonds. The third-order valence-electron chi connectivity index (χ3n) is 12.9. The SMILES string of the molecule is C=CC(=O)OCCOC(=O)CCC(=O)OCCc1ccc(OC(=O)[C@H]2CC[C@H](C(=O)Oc3ccc(OC(O)[C@H]4CC[C@H](C(=O)Oc5ccc(CCOC(=O)CCC(=O)OCCOC(=O)C=C)cc5)CC4)c4sc(=S)sc34)CC2)cc1. The number of carbonyl (C=O) groups excluding carboxylic acids is 9. The molecule has 1 atom stereocenters. The molecule has 3 aromatic carbocycles. The summed E-state index contributed by atoms with van der Waals surface area (Å²) >= 11 is 8.07. The molecule has 0 bridgehead atoms. The molecular formula is C57H62O20S3. The van der Waals surface area contributed by atoms with Gasteiger partial charge in [0, 0.05) is 30.9 Å². The molecule has 4 aromatic rings. The van der Waals surface area contributed by atoms with Gasteiger partial charge in [0.25, 0.3) is 0 Å². The van der Waals surface area contributed by atoms with Gasteiger partial charge >= 0.3 is 53.7 Å². The summed E-state index contributed by atoms with van der Waals surface area (Å²) in [6.07, 6.45) is 4.56. The van der Waals surface area contributed by atoms with E-state index >= 15 is 0 Å². The van der Waals surface area contributed by atoms with Crippen molar-refractivity contribution in [2.75, 3.05) is 39.6 Å². The van der Waals surface area contributed by atoms with Gasteiger partial charge in [0.15, 0.2) is 6.29 Å². The molecule has 1 unspecified atom stereocenters. The molecular weight excluding hydrogens is 1100 g/mol. The van der Waals surface area contributed by atoms with E-state index in [4.69, 9.17) is 59.6 Å². The first-order valence-electron chi connectivity index (χ1n) is 26.0. The standard InChI is InChI=1S/C57H62O20S3/c1-3-45(58)70-31-33-72-49(62)25-23-47(60)68-29-27-35-5-17-41(18-6-35)74-53(64)37-9-13-39(14-10-37)55(66)76-43-21-22-44(52-51(43)79-57(78)80-52)77-56(67)40-15-11-38(12-16-40)54(65)75-42-19-7-36(8-20-42)28-30-69-48(61)24-26-50(63)73-34-32-71-46(59)4-2/h3-8,17-22,37-40,55,66H,1-2,9-16,23-34H2/t37-,38-,39-,40-,55?. The van der Waals surface area contributed by atoms with Crippen LogP contribution >= 0.6 is 34.9 Å². The van der Waals surface area contributed by atoms with Crippen molar-refractivity contribution in [3.8, 4) is 23.0 Å². The van der Waals surface area contributed by atoms with Gasteiger partial charge in [0.05, 0.1) is 66.1 Å². The highest BCUT2D eigenvalue weighted by atomic mass is 32.2. The van der Waals surface area contributed by atoms with Crippen molar-refractivity contribution in [1.29, 1.82) is 0 Å². The molecule has 0 saturated heterocycles. The van der Waals surface area contributed by atoms with Crippen LogP contribution in [0.15, 0.2) is 86.0 Å². The molecule has 0 radical (unpaired) electrons. The van der Waals surface area contributed by atoms with Gasteiger partial charge in [-0.25, -0.2) is 9.59 Å². The second kappa shape index (κ2) is 32.0. The average Bonchev–Trinajstić information content (AvgIpc) is 3.87. The Morgan fingerprint density at radius 2 is 0.838 bits per heavy atom. The molecule has 6 rings (SSSR count). The number of aliphatic hydroxyl groups excluding tert-OH is 1. The van der Waals surface area contributed by atoms with Crippen molar-refractivity contribution < 1.29 is 95.6 Å². The first kappa shape index (κ1) is 61.9. The maximum atomic E-state index is 13.5. The van der Waals surface area contributed by atoms with Crippen molar-refractivity contribution in [3.05, 3.63) is 100 Å². The summed E-state index contributed by atoms with van der Waals surface area (Å²) in [5.74, 6) is -4.93. The zero-order valence-electron chi connectivity index (χ0n) is 43.8. The lowest BCUT2D eigenvalue weighted by Gasteiger charge is -2.30. The second-order valence-corrected chi connectivity index (χ2v) is 21.7. The summed E-state index contributed by atoms with van der Waals surface area (Å²) in [7, 11) is 0. The van der Waals surface area contributed by atoms with Crippen molar-refractivity contribution in [2.45, 2.75) is 96.2 Å². The number of hydrogen-bond donors (Lipinski definition) is 1. The van der Waals surface area contributed by atoms with Crippen molar-refractivity contribution in [3.63, 3.8) is 0 Å². The van der Waals surface area contributed by atoms with Gasteiger partial charge in [-0.15, -0.1) is 22.7 Å². The molecule has 2 aliphatic carbocycles. The molecule has 0 spiro atoms. The largest absolute Gasteiger partial charge is 0.465 e. The lowest BCUT2D eigenvalue weighted by molar-refractivity contribution is -0.152. The maximum Gasteiger partial charge on any atom is 0.330 e. The summed E-state index contributed by atoms with van der Waals surface area (Å²) in [6, 6.07) is 16.9. The summed E-state index contributed by atoms with van der Waals surface area (Å²) < 4.78 is 54.8. The van der Waals surface area contributed by atoms with Crippen LogP contribution < -0.4 is 18.9 Å². The van der Waals surface area contributed by atoms with Gasteiger partial charge in [0.2, 0.25) is 0 Å². The van der Waals surface area contributed by atoms with Crippen LogP contribution in [0, 0.1) is 26.8 Å². The quantitative estimate of drug-likeness (QED) is 0.0102. The highest BCUT2D eigenvalue weighted by molar-refractivity contribution is 7.77. The minimum absolute atomic E-state index is 0.0743. The third kappa shape index (κ3) is 20.4. The fourth-order valence-corrected chi connectivity index (χ4v) is 11.1. The fourth-order valence-electron chi connectivity index (χ4n) is 8.53. The first-order valence-corrected chi connectivity index (χ1v) is 28.1. The number of carbonyl (C=O) groups is 9. The van der Waals surface area contributed by atoms with Crippen LogP contribution in [-0.4, -0.2) is 105 Å². The Morgan fingerprint density at radius 1 is 0.487 bits per heavy atom. The number of hydrogen-bond acceptors (Lipinski definition) is 23. The first-order chi connectivity index (χ1) is 38.6. The maximum absolute atomic E-state index is 13.5. The molecule has 80 heavy (non-hydrogen) atoms. The predicted octanol–water partition coefficient (Wildman–Crippen LogP) is 8.40. The van der Waals surface area contributed by atoms with Gasteiger partial charge in [-0.05, 0) is 98.9 Å². The molecule has 428 valence electrons. The highest BCUT2D eigenvalue weighted by Gasteiger charge is 2.34. The van der Waals surface area contributed by atoms with E-state index in [0.717, 1.165) is 23.3 Å². The predicted molar refractivity (Wildman–Crippen MR) is 290 cm³/mol. The molecule has 20 nitrogen and oxygen atoms in total. The van der Waals surface area contributed by atoms with Crippen molar-refractivity contribution in [2.24, 2.45) is 23.7 Å². The van der Waals surface area contributed by atoms with Gasteiger partial charge in [0.1, 0.15) is 52.6 Å². The van der Waals surface area contributed by atoms with E-state index in [1.165, 1.54) is 22.7 Å². The molecule has 2 aliphatic rings. The van der Waals surface area contributed by atoms with E-state index in [1.807, 2.05) is 0 Å². The molecule has 1 aromatic heterocycles. The third-order valence-corrected chi connectivity index (χ3v) is 15.6. The van der Waals surface area contributed by atoms with Crippen LogP contribution in [0.25, 0.3) is 9.40 Å². The smallest absolute Gasteiger partial charge is 0.330 e. The van der Waals surface area contributed by atoms with Crippen LogP contribution in [-0.2, 0) is 84.4 Å². The molecule has 1 N–H and O–H groups in total. The second-order valence-electron chi connectivity index (χ2n) is 18.5. The van der Waals surface area contributed by atoms with E-state index in [2.05, 4.69) is 13.2 Å². The molecule has 1 heterocycles. The summed E-state index contributed by atoms with van der Waals surface area (Å²) in [6.45, 7) is 6.17. The molecule has 2 fully saturated rings. The van der Waals surface area contributed by atoms with Gasteiger partial charge in [-0.3, -0.25) is 33.6 Å². The Balaban J connectivity index is 0.853.